The molecule has 0 spiro atoms. The van der Waals surface area contributed by atoms with Crippen molar-refractivity contribution >= 4 is 28.6 Å². The summed E-state index contributed by atoms with van der Waals surface area (Å²) in [6, 6.07) is 11.4. The number of aromatic nitrogens is 2. The highest BCUT2D eigenvalue weighted by atomic mass is 19.3. The topological polar surface area (TPSA) is 49.0 Å². The van der Waals surface area contributed by atoms with Crippen molar-refractivity contribution in [2.24, 2.45) is 0 Å². The molecule has 1 aliphatic heterocycles. The van der Waals surface area contributed by atoms with E-state index in [0.717, 1.165) is 64.8 Å². The minimum absolute atomic E-state index is 0.0108. The van der Waals surface area contributed by atoms with Crippen LogP contribution in [0.2, 0.25) is 0 Å². The molecule has 1 N–H and O–H groups in total. The van der Waals surface area contributed by atoms with E-state index in [1.807, 2.05) is 31.2 Å². The van der Waals surface area contributed by atoms with Crippen LogP contribution in [0.4, 0.5) is 20.2 Å². The number of aryl methyl sites for hydroxylation is 2. The Bertz CT molecular complexity index is 1370. The lowest BCUT2D eigenvalue weighted by atomic mass is 9.91. The number of aromatic amines is 1. The van der Waals surface area contributed by atoms with Crippen molar-refractivity contribution in [3.63, 3.8) is 0 Å². The number of nitrogens with zero attached hydrogens (tertiary/aromatic N) is 2. The molecule has 0 saturated carbocycles. The second-order valence-corrected chi connectivity index (χ2v) is 9.29. The zero-order valence-electron chi connectivity index (χ0n) is 19.5. The van der Waals surface area contributed by atoms with E-state index in [1.54, 1.807) is 18.5 Å². The van der Waals surface area contributed by atoms with E-state index in [9.17, 15) is 13.6 Å². The van der Waals surface area contributed by atoms with Crippen LogP contribution in [0.5, 0.6) is 0 Å². The van der Waals surface area contributed by atoms with Gasteiger partial charge in [0.15, 0.2) is 6.29 Å². The first-order valence-corrected chi connectivity index (χ1v) is 11.6. The number of anilines is 2. The van der Waals surface area contributed by atoms with Gasteiger partial charge in [0.1, 0.15) is 0 Å². The first kappa shape index (κ1) is 22.3. The lowest BCUT2D eigenvalue weighted by Gasteiger charge is -2.33. The molecule has 0 radical (unpaired) electrons. The van der Waals surface area contributed by atoms with E-state index in [2.05, 4.69) is 34.8 Å². The Morgan fingerprint density at radius 1 is 1.12 bits per heavy atom. The van der Waals surface area contributed by atoms with Crippen LogP contribution in [0, 0.1) is 6.92 Å². The summed E-state index contributed by atoms with van der Waals surface area (Å²) in [5, 5.41) is 0.861. The number of benzene rings is 2. The molecule has 0 aliphatic carbocycles. The molecule has 2 aromatic heterocycles. The summed E-state index contributed by atoms with van der Waals surface area (Å²) in [6.45, 7) is 6.83. The Hall–Kier alpha value is -3.54. The predicted molar refractivity (Wildman–Crippen MR) is 132 cm³/mol. The van der Waals surface area contributed by atoms with E-state index >= 15 is 0 Å². The number of carbonyl (C=O) groups excluding carboxylic acids is 1. The van der Waals surface area contributed by atoms with Gasteiger partial charge in [0.05, 0.1) is 0 Å². The maximum Gasteiger partial charge on any atom is 0.264 e. The molecule has 0 saturated heterocycles. The highest BCUT2D eigenvalue weighted by Crippen LogP contribution is 2.42. The number of carbonyl (C=O) groups is 1. The molecule has 174 valence electrons. The third-order valence-electron chi connectivity index (χ3n) is 6.72. The summed E-state index contributed by atoms with van der Waals surface area (Å²) < 4.78 is 28.5. The Morgan fingerprint density at radius 3 is 2.62 bits per heavy atom. The molecule has 0 amide bonds. The lowest BCUT2D eigenvalue weighted by molar-refractivity contribution is 0.112. The van der Waals surface area contributed by atoms with Crippen molar-refractivity contribution in [3.8, 4) is 11.1 Å². The van der Waals surface area contributed by atoms with Crippen LogP contribution < -0.4 is 4.90 Å². The quantitative estimate of drug-likeness (QED) is 0.314. The van der Waals surface area contributed by atoms with E-state index in [1.165, 1.54) is 0 Å². The molecular formula is C28H27F2N3O. The second kappa shape index (κ2) is 8.67. The number of fused-ring (bicyclic) bond motifs is 2. The van der Waals surface area contributed by atoms with Gasteiger partial charge in [-0.3, -0.25) is 9.78 Å². The first-order chi connectivity index (χ1) is 16.4. The van der Waals surface area contributed by atoms with Crippen molar-refractivity contribution in [1.29, 1.82) is 0 Å². The molecule has 34 heavy (non-hydrogen) atoms. The van der Waals surface area contributed by atoms with Crippen LogP contribution in [0.1, 0.15) is 65.4 Å². The number of pyridine rings is 1. The van der Waals surface area contributed by atoms with Crippen LogP contribution >= 0.6 is 0 Å². The van der Waals surface area contributed by atoms with Crippen molar-refractivity contribution in [1.82, 2.24) is 9.97 Å². The molecule has 4 aromatic rings. The Kier molecular flexibility index (Phi) is 5.68. The van der Waals surface area contributed by atoms with Gasteiger partial charge in [-0.25, -0.2) is 8.78 Å². The summed E-state index contributed by atoms with van der Waals surface area (Å²) in [7, 11) is 0. The standard InChI is InChI=1S/C28H27F2N3O/c1-16(2)22-10-21(11-24-20(15-34)14-32-27(22)24)33-8-4-5-18-9-23(19-7-6-17(3)31-13-19)25(28(29)30)12-26(18)33/h6-7,9-16,28,32H,4-5,8H2,1-3H3. The molecular weight excluding hydrogens is 432 g/mol. The molecule has 3 heterocycles. The molecule has 4 nitrogen and oxygen atoms in total. The zero-order valence-corrected chi connectivity index (χ0v) is 19.5. The summed E-state index contributed by atoms with van der Waals surface area (Å²) in [5.74, 6) is 0.234. The molecule has 1 aliphatic rings. The van der Waals surface area contributed by atoms with Crippen LogP contribution in [-0.2, 0) is 6.42 Å². The number of halogens is 2. The number of rotatable bonds is 5. The van der Waals surface area contributed by atoms with E-state index in [0.29, 0.717) is 16.7 Å². The van der Waals surface area contributed by atoms with Gasteiger partial charge in [-0.2, -0.15) is 0 Å². The third-order valence-corrected chi connectivity index (χ3v) is 6.72. The van der Waals surface area contributed by atoms with Gasteiger partial charge >= 0.3 is 0 Å². The smallest absolute Gasteiger partial charge is 0.264 e. The average Bonchev–Trinajstić information content (AvgIpc) is 3.25. The third kappa shape index (κ3) is 3.77. The molecule has 0 fully saturated rings. The van der Waals surface area contributed by atoms with Gasteiger partial charge in [-0.05, 0) is 72.7 Å². The first-order valence-electron chi connectivity index (χ1n) is 11.6. The SMILES string of the molecule is Cc1ccc(-c2cc3c(cc2C(F)F)N(c2cc(C(C)C)c4[nH]cc(C=O)c4c2)CCC3)cn1. The fourth-order valence-electron chi connectivity index (χ4n) is 4.95. The van der Waals surface area contributed by atoms with Gasteiger partial charge in [-0.15, -0.1) is 0 Å². The molecule has 0 atom stereocenters. The van der Waals surface area contributed by atoms with Crippen LogP contribution in [0.25, 0.3) is 22.0 Å². The number of nitrogens with one attached hydrogen (secondary N) is 1. The summed E-state index contributed by atoms with van der Waals surface area (Å²) in [4.78, 5) is 21.3. The number of alkyl halides is 2. The number of aldehydes is 1. The van der Waals surface area contributed by atoms with Gasteiger partial charge in [0.2, 0.25) is 0 Å². The van der Waals surface area contributed by atoms with Crippen LogP contribution in [-0.4, -0.2) is 22.8 Å². The monoisotopic (exact) mass is 459 g/mol. The van der Waals surface area contributed by atoms with Gasteiger partial charge in [0, 0.05) is 63.6 Å². The highest BCUT2D eigenvalue weighted by Gasteiger charge is 2.25. The number of hydrogen-bond donors (Lipinski definition) is 1. The maximum atomic E-state index is 14.2. The van der Waals surface area contributed by atoms with Crippen molar-refractivity contribution < 1.29 is 13.6 Å². The second-order valence-electron chi connectivity index (χ2n) is 9.29. The van der Waals surface area contributed by atoms with Crippen LogP contribution in [0.15, 0.2) is 48.8 Å². The van der Waals surface area contributed by atoms with Gasteiger partial charge in [-0.1, -0.05) is 19.9 Å². The lowest BCUT2D eigenvalue weighted by Crippen LogP contribution is -2.25. The van der Waals surface area contributed by atoms with E-state index < -0.39 is 6.43 Å². The van der Waals surface area contributed by atoms with Crippen LogP contribution in [0.3, 0.4) is 0 Å². The van der Waals surface area contributed by atoms with Crippen molar-refractivity contribution in [2.45, 2.75) is 46.0 Å². The fraction of sp³-hybridized carbons (Fsp3) is 0.286. The highest BCUT2D eigenvalue weighted by molar-refractivity contribution is 6.00. The van der Waals surface area contributed by atoms with Gasteiger partial charge in [0.25, 0.3) is 6.43 Å². The largest absolute Gasteiger partial charge is 0.360 e. The molecule has 2 aromatic carbocycles. The normalized spacial score (nSPS) is 13.7. The minimum Gasteiger partial charge on any atom is -0.360 e. The predicted octanol–water partition coefficient (Wildman–Crippen LogP) is 7.50. The zero-order chi connectivity index (χ0) is 24.0. The Balaban J connectivity index is 1.68. The summed E-state index contributed by atoms with van der Waals surface area (Å²) in [6.07, 6.45) is 3.38. The summed E-state index contributed by atoms with van der Waals surface area (Å²) in [5.41, 5.74) is 7.53. The minimum atomic E-state index is -2.61. The molecule has 0 unspecified atom stereocenters. The molecule has 5 rings (SSSR count). The average molecular weight is 460 g/mol. The number of H-pyrrole nitrogens is 1. The van der Waals surface area contributed by atoms with E-state index in [4.69, 9.17) is 0 Å². The summed E-state index contributed by atoms with van der Waals surface area (Å²) >= 11 is 0. The number of hydrogen-bond acceptors (Lipinski definition) is 3. The maximum absolute atomic E-state index is 14.2. The van der Waals surface area contributed by atoms with E-state index in [-0.39, 0.29) is 11.5 Å². The fourth-order valence-corrected chi connectivity index (χ4v) is 4.95. The van der Waals surface area contributed by atoms with Gasteiger partial charge < -0.3 is 9.88 Å². The Labute approximate surface area is 197 Å². The van der Waals surface area contributed by atoms with Crippen molar-refractivity contribution in [3.05, 3.63) is 76.7 Å². The molecule has 6 heteroatoms. The molecule has 0 bridgehead atoms. The van der Waals surface area contributed by atoms with Crippen molar-refractivity contribution in [2.75, 3.05) is 11.4 Å². The Morgan fingerprint density at radius 2 is 1.94 bits per heavy atom.